The number of carbonyl (C=O) groups excluding carboxylic acids is 1. The normalized spacial score (nSPS) is 28.1. The zero-order chi connectivity index (χ0) is 11.1. The molecule has 1 saturated carbocycles. The maximum atomic E-state index is 12.7. The van der Waals surface area contributed by atoms with Crippen LogP contribution in [0.3, 0.4) is 0 Å². The van der Waals surface area contributed by atoms with E-state index in [2.05, 4.69) is 6.58 Å². The van der Waals surface area contributed by atoms with Crippen molar-refractivity contribution in [2.75, 3.05) is 19.7 Å². The van der Waals surface area contributed by atoms with Crippen molar-refractivity contribution in [3.63, 3.8) is 0 Å². The van der Waals surface area contributed by atoms with Gasteiger partial charge in [0.15, 0.2) is 0 Å². The molecule has 1 aliphatic carbocycles. The molecule has 1 aliphatic heterocycles. The summed E-state index contributed by atoms with van der Waals surface area (Å²) in [5, 5.41) is 0. The molecular formula is C10H13F2NO2. The van der Waals surface area contributed by atoms with Gasteiger partial charge in [-0.3, -0.25) is 0 Å². The minimum atomic E-state index is -2.48. The number of alkyl halides is 2. The number of carbonyl (C=O) groups is 1. The SMILES string of the molecule is C=CCOC(=O)N1CC(C2CC2(F)F)C1. The summed E-state index contributed by atoms with van der Waals surface area (Å²) >= 11 is 0. The van der Waals surface area contributed by atoms with E-state index in [1.54, 1.807) is 0 Å². The van der Waals surface area contributed by atoms with E-state index in [9.17, 15) is 13.6 Å². The summed E-state index contributed by atoms with van der Waals surface area (Å²) in [5.41, 5.74) is 0. The van der Waals surface area contributed by atoms with Gasteiger partial charge in [-0.25, -0.2) is 13.6 Å². The summed E-state index contributed by atoms with van der Waals surface area (Å²) < 4.78 is 30.1. The molecule has 3 nitrogen and oxygen atoms in total. The molecule has 1 heterocycles. The van der Waals surface area contributed by atoms with Gasteiger partial charge >= 0.3 is 6.09 Å². The molecule has 0 aromatic carbocycles. The monoisotopic (exact) mass is 217 g/mol. The van der Waals surface area contributed by atoms with Crippen LogP contribution in [0, 0.1) is 11.8 Å². The van der Waals surface area contributed by atoms with Crippen LogP contribution in [0.1, 0.15) is 6.42 Å². The van der Waals surface area contributed by atoms with E-state index in [4.69, 9.17) is 4.74 Å². The Morgan fingerprint density at radius 1 is 1.60 bits per heavy atom. The molecule has 0 N–H and O–H groups in total. The number of rotatable bonds is 3. The highest BCUT2D eigenvalue weighted by Crippen LogP contribution is 2.54. The molecule has 0 aromatic rings. The van der Waals surface area contributed by atoms with Crippen LogP contribution < -0.4 is 0 Å². The lowest BCUT2D eigenvalue weighted by molar-refractivity contribution is 0.0216. The maximum Gasteiger partial charge on any atom is 0.410 e. The summed E-state index contributed by atoms with van der Waals surface area (Å²) in [6, 6.07) is 0. The van der Waals surface area contributed by atoms with E-state index in [1.807, 2.05) is 0 Å². The van der Waals surface area contributed by atoms with Gasteiger partial charge in [0.25, 0.3) is 5.92 Å². The Labute approximate surface area is 86.7 Å². The zero-order valence-corrected chi connectivity index (χ0v) is 8.29. The van der Waals surface area contributed by atoms with Crippen LogP contribution in [-0.2, 0) is 4.74 Å². The fraction of sp³-hybridized carbons (Fsp3) is 0.700. The summed E-state index contributed by atoms with van der Waals surface area (Å²) in [6.45, 7) is 4.38. The predicted molar refractivity (Wildman–Crippen MR) is 49.7 cm³/mol. The van der Waals surface area contributed by atoms with E-state index in [-0.39, 0.29) is 18.9 Å². The average Bonchev–Trinajstić information content (AvgIpc) is 2.69. The zero-order valence-electron chi connectivity index (χ0n) is 8.29. The molecule has 1 atom stereocenters. The Bertz CT molecular complexity index is 287. The van der Waals surface area contributed by atoms with Gasteiger partial charge in [0.1, 0.15) is 6.61 Å². The van der Waals surface area contributed by atoms with Crippen molar-refractivity contribution in [3.8, 4) is 0 Å². The second kappa shape index (κ2) is 3.47. The summed E-state index contributed by atoms with van der Waals surface area (Å²) in [5.74, 6) is -3.04. The van der Waals surface area contributed by atoms with Crippen LogP contribution in [0.25, 0.3) is 0 Å². The third kappa shape index (κ3) is 1.96. The highest BCUT2D eigenvalue weighted by atomic mass is 19.3. The van der Waals surface area contributed by atoms with Crippen molar-refractivity contribution in [2.24, 2.45) is 11.8 Å². The molecule has 84 valence electrons. The third-order valence-electron chi connectivity index (χ3n) is 2.94. The molecule has 0 radical (unpaired) electrons. The number of nitrogens with zero attached hydrogens (tertiary/aromatic N) is 1. The van der Waals surface area contributed by atoms with E-state index in [0.717, 1.165) is 0 Å². The molecule has 2 fully saturated rings. The summed E-state index contributed by atoms with van der Waals surface area (Å²) in [4.78, 5) is 12.6. The number of amides is 1. The van der Waals surface area contributed by atoms with E-state index < -0.39 is 17.9 Å². The lowest BCUT2D eigenvalue weighted by Crippen LogP contribution is -2.51. The van der Waals surface area contributed by atoms with Gasteiger partial charge in [-0.2, -0.15) is 0 Å². The molecule has 2 aliphatic rings. The Balaban J connectivity index is 1.70. The molecule has 0 spiro atoms. The molecule has 0 bridgehead atoms. The van der Waals surface area contributed by atoms with Gasteiger partial charge in [0, 0.05) is 31.3 Å². The van der Waals surface area contributed by atoms with Crippen molar-refractivity contribution in [1.82, 2.24) is 4.90 Å². The molecule has 0 aromatic heterocycles. The lowest BCUT2D eigenvalue weighted by atomic mass is 9.95. The topological polar surface area (TPSA) is 29.5 Å². The van der Waals surface area contributed by atoms with Gasteiger partial charge < -0.3 is 9.64 Å². The smallest absolute Gasteiger partial charge is 0.410 e. The Morgan fingerprint density at radius 2 is 2.20 bits per heavy atom. The van der Waals surface area contributed by atoms with Crippen molar-refractivity contribution < 1.29 is 18.3 Å². The molecule has 1 unspecified atom stereocenters. The van der Waals surface area contributed by atoms with Crippen molar-refractivity contribution >= 4 is 6.09 Å². The van der Waals surface area contributed by atoms with Crippen LogP contribution >= 0.6 is 0 Å². The third-order valence-corrected chi connectivity index (χ3v) is 2.94. The second-order valence-electron chi connectivity index (χ2n) is 4.10. The van der Waals surface area contributed by atoms with Gasteiger partial charge in [0.05, 0.1) is 0 Å². The quantitative estimate of drug-likeness (QED) is 0.676. The van der Waals surface area contributed by atoms with Gasteiger partial charge in [-0.1, -0.05) is 12.7 Å². The van der Waals surface area contributed by atoms with Crippen molar-refractivity contribution in [2.45, 2.75) is 12.3 Å². The predicted octanol–water partition coefficient (Wildman–Crippen LogP) is 1.90. The minimum absolute atomic E-state index is 0.0206. The number of hydrogen-bond donors (Lipinski definition) is 0. The first-order chi connectivity index (χ1) is 7.04. The molecule has 2 rings (SSSR count). The first-order valence-corrected chi connectivity index (χ1v) is 4.95. The Morgan fingerprint density at radius 3 is 2.67 bits per heavy atom. The second-order valence-corrected chi connectivity index (χ2v) is 4.10. The molecule has 5 heteroatoms. The highest BCUT2D eigenvalue weighted by molar-refractivity contribution is 5.68. The number of hydrogen-bond acceptors (Lipinski definition) is 2. The van der Waals surface area contributed by atoms with Gasteiger partial charge in [-0.05, 0) is 0 Å². The maximum absolute atomic E-state index is 12.7. The van der Waals surface area contributed by atoms with E-state index in [1.165, 1.54) is 11.0 Å². The van der Waals surface area contributed by atoms with Crippen molar-refractivity contribution in [3.05, 3.63) is 12.7 Å². The fourth-order valence-electron chi connectivity index (χ4n) is 1.88. The number of halogens is 2. The van der Waals surface area contributed by atoms with Crippen LogP contribution in [0.5, 0.6) is 0 Å². The lowest BCUT2D eigenvalue weighted by Gasteiger charge is -2.38. The van der Waals surface area contributed by atoms with Crippen LogP contribution in [0.15, 0.2) is 12.7 Å². The standard InChI is InChI=1S/C10H13F2NO2/c1-2-3-15-9(14)13-5-7(6-13)8-4-10(8,11)12/h2,7-8H,1,3-6H2. The number of likely N-dealkylation sites (tertiary alicyclic amines) is 1. The highest BCUT2D eigenvalue weighted by Gasteiger charge is 2.62. The fourth-order valence-corrected chi connectivity index (χ4v) is 1.88. The summed E-state index contributed by atoms with van der Waals surface area (Å²) in [7, 11) is 0. The van der Waals surface area contributed by atoms with Crippen LogP contribution in [-0.4, -0.2) is 36.6 Å². The van der Waals surface area contributed by atoms with Crippen LogP contribution in [0.4, 0.5) is 13.6 Å². The average molecular weight is 217 g/mol. The first-order valence-electron chi connectivity index (χ1n) is 4.95. The van der Waals surface area contributed by atoms with E-state index >= 15 is 0 Å². The van der Waals surface area contributed by atoms with Crippen molar-refractivity contribution in [1.29, 1.82) is 0 Å². The van der Waals surface area contributed by atoms with Gasteiger partial charge in [-0.15, -0.1) is 0 Å². The molecule has 1 amide bonds. The Kier molecular flexibility index (Phi) is 2.40. The minimum Gasteiger partial charge on any atom is -0.445 e. The summed E-state index contributed by atoms with van der Waals surface area (Å²) in [6.07, 6.45) is 1.02. The van der Waals surface area contributed by atoms with Crippen LogP contribution in [0.2, 0.25) is 0 Å². The molecule has 15 heavy (non-hydrogen) atoms. The Hall–Kier alpha value is -1.13. The molecular weight excluding hydrogens is 204 g/mol. The van der Waals surface area contributed by atoms with Gasteiger partial charge in [0.2, 0.25) is 0 Å². The number of ether oxygens (including phenoxy) is 1. The largest absolute Gasteiger partial charge is 0.445 e. The van der Waals surface area contributed by atoms with E-state index in [0.29, 0.717) is 13.1 Å². The molecule has 1 saturated heterocycles. The first kappa shape index (κ1) is 10.4.